The minimum absolute atomic E-state index is 0.178. The molecule has 3 aliphatic rings. The fourth-order valence-electron chi connectivity index (χ4n) is 8.65. The summed E-state index contributed by atoms with van der Waals surface area (Å²) in [5.74, 6) is -0.552. The molecule has 0 unspecified atom stereocenters. The van der Waals surface area contributed by atoms with Crippen LogP contribution in [-0.4, -0.2) is 86.4 Å². The lowest BCUT2D eigenvalue weighted by atomic mass is 9.85. The molecule has 304 valence electrons. The molecule has 4 amide bonds. The molecule has 5 aromatic rings. The van der Waals surface area contributed by atoms with Gasteiger partial charge in [-0.3, -0.25) is 34.4 Å². The molecule has 8 rings (SSSR count). The molecule has 16 heteroatoms. The zero-order chi connectivity index (χ0) is 40.9. The molecule has 13 nitrogen and oxygen atoms in total. The van der Waals surface area contributed by atoms with Gasteiger partial charge in [-0.25, -0.2) is 9.78 Å². The summed E-state index contributed by atoms with van der Waals surface area (Å²) >= 11 is 0. The fraction of sp³-hybridized carbons (Fsp3) is 0.429. The van der Waals surface area contributed by atoms with E-state index in [0.717, 1.165) is 85.8 Å². The summed E-state index contributed by atoms with van der Waals surface area (Å²) in [6, 6.07) is 12.8. The molecule has 1 saturated carbocycles. The largest absolute Gasteiger partial charge is 0.433 e. The topological polar surface area (TPSA) is 149 Å². The van der Waals surface area contributed by atoms with E-state index >= 15 is 0 Å². The van der Waals surface area contributed by atoms with Gasteiger partial charge in [0.05, 0.1) is 29.0 Å². The molecule has 2 aliphatic heterocycles. The molecule has 1 aliphatic carbocycles. The van der Waals surface area contributed by atoms with Gasteiger partial charge in [-0.1, -0.05) is 18.2 Å². The zero-order valence-electron chi connectivity index (χ0n) is 32.6. The van der Waals surface area contributed by atoms with E-state index in [4.69, 9.17) is 5.10 Å². The van der Waals surface area contributed by atoms with Gasteiger partial charge in [-0.15, -0.1) is 0 Å². The van der Waals surface area contributed by atoms with Crippen LogP contribution in [0.25, 0.3) is 21.7 Å². The number of alkyl halides is 3. The molecule has 0 radical (unpaired) electrons. The Bertz CT molecular complexity index is 2390. The van der Waals surface area contributed by atoms with E-state index in [0.29, 0.717) is 35.3 Å². The van der Waals surface area contributed by atoms with Crippen LogP contribution in [0.3, 0.4) is 0 Å². The van der Waals surface area contributed by atoms with E-state index in [9.17, 15) is 32.7 Å². The number of amides is 4. The van der Waals surface area contributed by atoms with Crippen LogP contribution in [0.4, 0.5) is 35.0 Å². The predicted molar refractivity (Wildman–Crippen MR) is 214 cm³/mol. The standard InChI is InChI=1S/C42H46F3N9O4/c1-25-22-52(35-8-4-6-29-30(35)20-46-21-36(29)53-15-14-38(55)49-40(53)57)17-16-51(25)23-26-10-12-28(13-11-26)54-24-27-18-34(31(41(2,3)58)19-33(27)50-54)48-39(56)32-7-5-9-37(47-32)42(43,44)45/h4-9,18-21,24-26,28,58H,10-17,22-23H2,1-3H3,(H,48,56)(H,49,55,57)/t25-,26?,28?/m1/s1. The van der Waals surface area contributed by atoms with Crippen molar-refractivity contribution in [2.45, 2.75) is 76.7 Å². The van der Waals surface area contributed by atoms with E-state index < -0.39 is 29.4 Å². The Morgan fingerprint density at radius 1 is 0.966 bits per heavy atom. The van der Waals surface area contributed by atoms with Crippen molar-refractivity contribution in [3.05, 3.63) is 84.1 Å². The average Bonchev–Trinajstić information content (AvgIpc) is 3.61. The Kier molecular flexibility index (Phi) is 10.3. The number of pyridine rings is 2. The molecule has 3 N–H and O–H groups in total. The summed E-state index contributed by atoms with van der Waals surface area (Å²) in [6.45, 7) is 9.36. The summed E-state index contributed by atoms with van der Waals surface area (Å²) in [4.78, 5) is 52.1. The third-order valence-corrected chi connectivity index (χ3v) is 11.7. The van der Waals surface area contributed by atoms with Crippen LogP contribution in [0.2, 0.25) is 0 Å². The second-order valence-electron chi connectivity index (χ2n) is 16.2. The van der Waals surface area contributed by atoms with Crippen LogP contribution in [0, 0.1) is 5.92 Å². The Balaban J connectivity index is 0.903. The van der Waals surface area contributed by atoms with E-state index in [-0.39, 0.29) is 29.8 Å². The molecule has 1 atom stereocenters. The highest BCUT2D eigenvalue weighted by molar-refractivity contribution is 6.11. The molecule has 3 aromatic heterocycles. The first kappa shape index (κ1) is 39.2. The normalized spacial score (nSPS) is 21.1. The first-order valence-electron chi connectivity index (χ1n) is 19.7. The maximum absolute atomic E-state index is 13.3. The number of carbonyl (C=O) groups excluding carboxylic acids is 3. The van der Waals surface area contributed by atoms with Crippen LogP contribution in [0.1, 0.15) is 80.7 Å². The summed E-state index contributed by atoms with van der Waals surface area (Å²) in [6.07, 6.45) is 5.01. The van der Waals surface area contributed by atoms with Crippen molar-refractivity contribution >= 4 is 56.6 Å². The quantitative estimate of drug-likeness (QED) is 0.153. The Morgan fingerprint density at radius 3 is 2.47 bits per heavy atom. The lowest BCUT2D eigenvalue weighted by molar-refractivity contribution is -0.141. The molecule has 2 saturated heterocycles. The third kappa shape index (κ3) is 7.94. The van der Waals surface area contributed by atoms with Crippen LogP contribution in [0.5, 0.6) is 0 Å². The lowest BCUT2D eigenvalue weighted by Crippen LogP contribution is -2.53. The molecule has 5 heterocycles. The minimum atomic E-state index is -4.69. The fourth-order valence-corrected chi connectivity index (χ4v) is 8.65. The highest BCUT2D eigenvalue weighted by Gasteiger charge is 2.34. The monoisotopic (exact) mass is 797 g/mol. The van der Waals surface area contributed by atoms with Gasteiger partial charge < -0.3 is 15.3 Å². The van der Waals surface area contributed by atoms with Gasteiger partial charge in [0, 0.05) is 90.7 Å². The summed E-state index contributed by atoms with van der Waals surface area (Å²) in [7, 11) is 0. The Morgan fingerprint density at radius 2 is 1.74 bits per heavy atom. The second-order valence-corrected chi connectivity index (χ2v) is 16.2. The van der Waals surface area contributed by atoms with E-state index in [1.165, 1.54) is 6.07 Å². The number of benzene rings is 2. The maximum Gasteiger partial charge on any atom is 0.433 e. The molecular weight excluding hydrogens is 752 g/mol. The number of carbonyl (C=O) groups is 3. The number of piperazine rings is 1. The summed E-state index contributed by atoms with van der Waals surface area (Å²) in [5.41, 5.74) is 0.145. The number of imide groups is 1. The zero-order valence-corrected chi connectivity index (χ0v) is 32.6. The highest BCUT2D eigenvalue weighted by Crippen LogP contribution is 2.38. The lowest BCUT2D eigenvalue weighted by Gasteiger charge is -2.43. The SMILES string of the molecule is C[C@@H]1CN(c2cccc3c(N4CCC(=O)NC4=O)cncc23)CCN1CC1CCC(n2cc3cc(NC(=O)c4cccc(C(F)(F)F)n4)c(C(C)(C)O)cc3n2)CC1. The molecule has 0 spiro atoms. The van der Waals surface area contributed by atoms with Crippen molar-refractivity contribution in [3.8, 4) is 0 Å². The number of fused-ring (bicyclic) bond motifs is 2. The summed E-state index contributed by atoms with van der Waals surface area (Å²) < 4.78 is 41.8. The highest BCUT2D eigenvalue weighted by atomic mass is 19.4. The second kappa shape index (κ2) is 15.3. The smallest absolute Gasteiger partial charge is 0.386 e. The average molecular weight is 798 g/mol. The predicted octanol–water partition coefficient (Wildman–Crippen LogP) is 6.87. The first-order chi connectivity index (χ1) is 27.6. The number of hydrogen-bond donors (Lipinski definition) is 3. The Hall–Kier alpha value is -5.61. The van der Waals surface area contributed by atoms with Gasteiger partial charge in [0.15, 0.2) is 0 Å². The van der Waals surface area contributed by atoms with Gasteiger partial charge in [0.1, 0.15) is 11.4 Å². The van der Waals surface area contributed by atoms with E-state index in [2.05, 4.69) is 43.4 Å². The Labute approximate surface area is 333 Å². The number of aromatic nitrogens is 4. The number of halogens is 3. The number of aliphatic hydroxyl groups is 1. The number of hydrogen-bond acceptors (Lipinski definition) is 9. The van der Waals surface area contributed by atoms with Crippen molar-refractivity contribution in [1.29, 1.82) is 0 Å². The summed E-state index contributed by atoms with van der Waals surface area (Å²) in [5, 5.41) is 23.6. The van der Waals surface area contributed by atoms with E-state index in [1.807, 2.05) is 29.2 Å². The molecular formula is C42H46F3N9O4. The van der Waals surface area contributed by atoms with Gasteiger partial charge in [0.25, 0.3) is 5.91 Å². The van der Waals surface area contributed by atoms with Gasteiger partial charge in [-0.2, -0.15) is 18.3 Å². The van der Waals surface area contributed by atoms with Gasteiger partial charge in [0.2, 0.25) is 5.91 Å². The van der Waals surface area contributed by atoms with Crippen molar-refractivity contribution in [1.82, 2.24) is 30.0 Å². The van der Waals surface area contributed by atoms with E-state index in [1.54, 1.807) is 37.1 Å². The van der Waals surface area contributed by atoms with Gasteiger partial charge >= 0.3 is 12.2 Å². The van der Waals surface area contributed by atoms with Crippen LogP contribution >= 0.6 is 0 Å². The van der Waals surface area contributed by atoms with Crippen molar-refractivity contribution in [3.63, 3.8) is 0 Å². The van der Waals surface area contributed by atoms with Crippen molar-refractivity contribution < 1.29 is 32.7 Å². The molecule has 3 fully saturated rings. The number of nitrogens with zero attached hydrogens (tertiary/aromatic N) is 7. The van der Waals surface area contributed by atoms with Crippen LogP contribution in [0.15, 0.2) is 67.1 Å². The van der Waals surface area contributed by atoms with Crippen molar-refractivity contribution in [2.24, 2.45) is 5.92 Å². The number of anilines is 3. The molecule has 58 heavy (non-hydrogen) atoms. The maximum atomic E-state index is 13.3. The van der Waals surface area contributed by atoms with Crippen molar-refractivity contribution in [2.75, 3.05) is 47.8 Å². The minimum Gasteiger partial charge on any atom is -0.386 e. The van der Waals surface area contributed by atoms with Gasteiger partial charge in [-0.05, 0) is 82.7 Å². The molecule has 0 bridgehead atoms. The first-order valence-corrected chi connectivity index (χ1v) is 19.7. The van der Waals surface area contributed by atoms with Crippen LogP contribution < -0.4 is 20.4 Å². The number of rotatable bonds is 8. The third-order valence-electron chi connectivity index (χ3n) is 11.7. The van der Waals surface area contributed by atoms with Crippen LogP contribution in [-0.2, 0) is 16.6 Å². The number of urea groups is 1. The molecule has 2 aromatic carbocycles. The number of nitrogens with one attached hydrogen (secondary N) is 2.